The molecule has 2 rings (SSSR count). The summed E-state index contributed by atoms with van der Waals surface area (Å²) in [6.45, 7) is 4.61. The molecule has 0 saturated heterocycles. The van der Waals surface area contributed by atoms with E-state index >= 15 is 0 Å². The summed E-state index contributed by atoms with van der Waals surface area (Å²) in [6, 6.07) is 10.4. The van der Waals surface area contributed by atoms with Crippen molar-refractivity contribution in [2.24, 2.45) is 4.99 Å². The lowest BCUT2D eigenvalue weighted by molar-refractivity contribution is 0.679. The molecule has 1 aromatic heterocycles. The van der Waals surface area contributed by atoms with E-state index in [2.05, 4.69) is 56.4 Å². The van der Waals surface area contributed by atoms with E-state index in [4.69, 9.17) is 0 Å². The Hall–Kier alpha value is -2.30. The zero-order chi connectivity index (χ0) is 15.6. The van der Waals surface area contributed by atoms with Gasteiger partial charge in [-0.1, -0.05) is 43.7 Å². The standard InChI is InChI=1S/C17H25N5/c1-3-4-10-20-17(18-2)21-13-16-19-11-12-22(16)14-15-8-6-5-7-9-15/h5-9,11-12H,3-4,10,13-14H2,1-2H3,(H2,18,20,21). The number of hydrogen-bond acceptors (Lipinski definition) is 2. The molecule has 0 aliphatic heterocycles. The molecule has 1 heterocycles. The number of aromatic nitrogens is 2. The summed E-state index contributed by atoms with van der Waals surface area (Å²) >= 11 is 0. The van der Waals surface area contributed by atoms with E-state index in [9.17, 15) is 0 Å². The van der Waals surface area contributed by atoms with Gasteiger partial charge in [-0.3, -0.25) is 4.99 Å². The highest BCUT2D eigenvalue weighted by Gasteiger charge is 2.04. The number of imidazole rings is 1. The van der Waals surface area contributed by atoms with Crippen molar-refractivity contribution in [2.45, 2.75) is 32.9 Å². The van der Waals surface area contributed by atoms with Gasteiger partial charge in [-0.25, -0.2) is 4.98 Å². The van der Waals surface area contributed by atoms with Crippen LogP contribution in [0.25, 0.3) is 0 Å². The minimum atomic E-state index is 0.658. The lowest BCUT2D eigenvalue weighted by Gasteiger charge is -2.12. The van der Waals surface area contributed by atoms with E-state index in [1.807, 2.05) is 18.5 Å². The maximum absolute atomic E-state index is 4.43. The molecule has 118 valence electrons. The van der Waals surface area contributed by atoms with Crippen LogP contribution in [0.15, 0.2) is 47.7 Å². The van der Waals surface area contributed by atoms with Crippen molar-refractivity contribution < 1.29 is 0 Å². The fraction of sp³-hybridized carbons (Fsp3) is 0.412. The minimum Gasteiger partial charge on any atom is -0.356 e. The number of nitrogens with zero attached hydrogens (tertiary/aromatic N) is 3. The molecular formula is C17H25N5. The van der Waals surface area contributed by atoms with E-state index in [1.54, 1.807) is 7.05 Å². The second-order valence-electron chi connectivity index (χ2n) is 5.16. The molecule has 0 amide bonds. The Labute approximate surface area is 132 Å². The van der Waals surface area contributed by atoms with Crippen LogP contribution in [0.1, 0.15) is 31.2 Å². The van der Waals surface area contributed by atoms with Crippen LogP contribution in [0.2, 0.25) is 0 Å². The molecule has 1 aromatic carbocycles. The lowest BCUT2D eigenvalue weighted by Crippen LogP contribution is -2.37. The average Bonchev–Trinajstić information content (AvgIpc) is 2.99. The number of rotatable bonds is 7. The highest BCUT2D eigenvalue weighted by atomic mass is 15.2. The molecule has 0 aliphatic rings. The zero-order valence-electron chi connectivity index (χ0n) is 13.4. The van der Waals surface area contributed by atoms with Crippen molar-refractivity contribution in [2.75, 3.05) is 13.6 Å². The van der Waals surface area contributed by atoms with Gasteiger partial charge in [-0.15, -0.1) is 0 Å². The Kier molecular flexibility index (Phi) is 6.48. The SMILES string of the molecule is CCCCNC(=NC)NCc1nccn1Cc1ccccc1. The van der Waals surface area contributed by atoms with Gasteiger partial charge >= 0.3 is 0 Å². The van der Waals surface area contributed by atoms with E-state index < -0.39 is 0 Å². The summed E-state index contributed by atoms with van der Waals surface area (Å²) < 4.78 is 2.15. The van der Waals surface area contributed by atoms with Crippen LogP contribution >= 0.6 is 0 Å². The molecule has 2 N–H and O–H groups in total. The normalized spacial score (nSPS) is 11.5. The van der Waals surface area contributed by atoms with Crippen molar-refractivity contribution >= 4 is 5.96 Å². The number of hydrogen-bond donors (Lipinski definition) is 2. The number of unbranched alkanes of at least 4 members (excludes halogenated alkanes) is 1. The van der Waals surface area contributed by atoms with E-state index in [-0.39, 0.29) is 0 Å². The summed E-state index contributed by atoms with van der Waals surface area (Å²) in [6.07, 6.45) is 6.17. The Morgan fingerprint density at radius 1 is 1.23 bits per heavy atom. The summed E-state index contributed by atoms with van der Waals surface area (Å²) in [7, 11) is 1.79. The van der Waals surface area contributed by atoms with Crippen molar-refractivity contribution in [3.63, 3.8) is 0 Å². The third-order valence-corrected chi connectivity index (χ3v) is 3.46. The van der Waals surface area contributed by atoms with Gasteiger partial charge in [0, 0.05) is 32.5 Å². The molecule has 0 bridgehead atoms. The van der Waals surface area contributed by atoms with E-state index in [0.29, 0.717) is 6.54 Å². The first-order valence-corrected chi connectivity index (χ1v) is 7.82. The molecule has 22 heavy (non-hydrogen) atoms. The van der Waals surface area contributed by atoms with Gasteiger partial charge in [0.05, 0.1) is 6.54 Å². The monoisotopic (exact) mass is 299 g/mol. The third-order valence-electron chi connectivity index (χ3n) is 3.46. The van der Waals surface area contributed by atoms with Gasteiger partial charge in [-0.2, -0.15) is 0 Å². The van der Waals surface area contributed by atoms with Gasteiger partial charge in [0.2, 0.25) is 0 Å². The molecule has 0 fully saturated rings. The second-order valence-corrected chi connectivity index (χ2v) is 5.16. The topological polar surface area (TPSA) is 54.2 Å². The number of guanidine groups is 1. The summed E-state index contributed by atoms with van der Waals surface area (Å²) in [4.78, 5) is 8.66. The van der Waals surface area contributed by atoms with Crippen LogP contribution in [-0.4, -0.2) is 29.1 Å². The summed E-state index contributed by atoms with van der Waals surface area (Å²) in [5.74, 6) is 1.82. The number of benzene rings is 1. The molecule has 0 radical (unpaired) electrons. The van der Waals surface area contributed by atoms with Crippen LogP contribution < -0.4 is 10.6 Å². The van der Waals surface area contributed by atoms with Crippen molar-refractivity contribution in [1.82, 2.24) is 20.2 Å². The maximum atomic E-state index is 4.43. The predicted octanol–water partition coefficient (Wildman–Crippen LogP) is 2.40. The molecule has 0 saturated carbocycles. The molecule has 0 unspecified atom stereocenters. The van der Waals surface area contributed by atoms with Crippen LogP contribution in [-0.2, 0) is 13.1 Å². The first-order chi connectivity index (χ1) is 10.8. The third kappa shape index (κ3) is 4.91. The molecule has 5 nitrogen and oxygen atoms in total. The van der Waals surface area contributed by atoms with Gasteiger partial charge < -0.3 is 15.2 Å². The first-order valence-electron chi connectivity index (χ1n) is 7.82. The van der Waals surface area contributed by atoms with E-state index in [0.717, 1.165) is 31.3 Å². The molecule has 2 aromatic rings. The van der Waals surface area contributed by atoms with Crippen LogP contribution in [0.4, 0.5) is 0 Å². The first kappa shape index (κ1) is 16.1. The second kappa shape index (κ2) is 8.87. The van der Waals surface area contributed by atoms with E-state index in [1.165, 1.54) is 12.0 Å². The highest BCUT2D eigenvalue weighted by Crippen LogP contribution is 2.05. The van der Waals surface area contributed by atoms with Gasteiger partial charge in [0.1, 0.15) is 5.82 Å². The van der Waals surface area contributed by atoms with Crippen molar-refractivity contribution in [1.29, 1.82) is 0 Å². The predicted molar refractivity (Wildman–Crippen MR) is 90.9 cm³/mol. The Balaban J connectivity index is 1.89. The summed E-state index contributed by atoms with van der Waals surface area (Å²) in [5.41, 5.74) is 1.27. The largest absolute Gasteiger partial charge is 0.356 e. The highest BCUT2D eigenvalue weighted by molar-refractivity contribution is 5.79. The lowest BCUT2D eigenvalue weighted by atomic mass is 10.2. The van der Waals surface area contributed by atoms with Gasteiger partial charge in [0.25, 0.3) is 0 Å². The number of nitrogens with one attached hydrogen (secondary N) is 2. The smallest absolute Gasteiger partial charge is 0.191 e. The fourth-order valence-corrected chi connectivity index (χ4v) is 2.20. The average molecular weight is 299 g/mol. The molecular weight excluding hydrogens is 274 g/mol. The van der Waals surface area contributed by atoms with Crippen LogP contribution in [0, 0.1) is 0 Å². The summed E-state index contributed by atoms with van der Waals surface area (Å²) in [5, 5.41) is 6.62. The maximum Gasteiger partial charge on any atom is 0.191 e. The molecule has 0 atom stereocenters. The Morgan fingerprint density at radius 3 is 2.77 bits per heavy atom. The van der Waals surface area contributed by atoms with Crippen molar-refractivity contribution in [3.05, 3.63) is 54.1 Å². The van der Waals surface area contributed by atoms with Crippen LogP contribution in [0.3, 0.4) is 0 Å². The minimum absolute atomic E-state index is 0.658. The molecule has 0 spiro atoms. The van der Waals surface area contributed by atoms with Crippen LogP contribution in [0.5, 0.6) is 0 Å². The number of aliphatic imine (C=N–C) groups is 1. The van der Waals surface area contributed by atoms with Gasteiger partial charge in [-0.05, 0) is 12.0 Å². The fourth-order valence-electron chi connectivity index (χ4n) is 2.20. The zero-order valence-corrected chi connectivity index (χ0v) is 13.4. The van der Waals surface area contributed by atoms with Gasteiger partial charge in [0.15, 0.2) is 5.96 Å². The molecule has 0 aliphatic carbocycles. The Bertz CT molecular complexity index is 574. The van der Waals surface area contributed by atoms with Crippen molar-refractivity contribution in [3.8, 4) is 0 Å². The Morgan fingerprint density at radius 2 is 2.05 bits per heavy atom. The molecule has 5 heteroatoms. The quantitative estimate of drug-likeness (QED) is 0.469.